The van der Waals surface area contributed by atoms with E-state index in [2.05, 4.69) is 30.1 Å². The van der Waals surface area contributed by atoms with Crippen molar-refractivity contribution in [2.75, 3.05) is 0 Å². The average Bonchev–Trinajstić information content (AvgIpc) is 2.47. The molecular formula is C11H10ClNS. The van der Waals surface area contributed by atoms with Crippen LogP contribution in [-0.4, -0.2) is 4.98 Å². The molecule has 0 saturated heterocycles. The van der Waals surface area contributed by atoms with E-state index in [9.17, 15) is 0 Å². The fraction of sp³-hybridized carbons (Fsp3) is 0.182. The van der Waals surface area contributed by atoms with E-state index in [1.54, 1.807) is 0 Å². The van der Waals surface area contributed by atoms with Crippen molar-refractivity contribution in [3.05, 3.63) is 39.9 Å². The molecule has 2 aromatic rings. The summed E-state index contributed by atoms with van der Waals surface area (Å²) < 4.78 is 0.779. The standard InChI is InChI=1S/C11H10ClNS/c1-7-4-3-5-9(6-7)11-13-8(2)10(12)14-11/h3-6H,1-2H3. The Bertz CT molecular complexity index is 443. The highest BCUT2D eigenvalue weighted by atomic mass is 35.5. The van der Waals surface area contributed by atoms with Crippen LogP contribution in [0, 0.1) is 13.8 Å². The zero-order valence-corrected chi connectivity index (χ0v) is 9.62. The van der Waals surface area contributed by atoms with Crippen molar-refractivity contribution in [3.8, 4) is 10.6 Å². The first kappa shape index (κ1) is 9.69. The molecule has 0 spiro atoms. The van der Waals surface area contributed by atoms with Gasteiger partial charge >= 0.3 is 0 Å². The van der Waals surface area contributed by atoms with E-state index >= 15 is 0 Å². The van der Waals surface area contributed by atoms with Crippen molar-refractivity contribution in [3.63, 3.8) is 0 Å². The van der Waals surface area contributed by atoms with E-state index in [-0.39, 0.29) is 0 Å². The van der Waals surface area contributed by atoms with E-state index in [1.165, 1.54) is 16.9 Å². The van der Waals surface area contributed by atoms with Crippen LogP contribution in [0.1, 0.15) is 11.3 Å². The van der Waals surface area contributed by atoms with Gasteiger partial charge in [0.15, 0.2) is 0 Å². The second-order valence-corrected chi connectivity index (χ2v) is 4.85. The molecule has 72 valence electrons. The smallest absolute Gasteiger partial charge is 0.125 e. The minimum atomic E-state index is 0.779. The summed E-state index contributed by atoms with van der Waals surface area (Å²) in [6.07, 6.45) is 0. The number of hydrogen-bond donors (Lipinski definition) is 0. The van der Waals surface area contributed by atoms with E-state index in [0.717, 1.165) is 20.6 Å². The highest BCUT2D eigenvalue weighted by Crippen LogP contribution is 2.31. The third-order valence-electron chi connectivity index (χ3n) is 2.01. The summed E-state index contributed by atoms with van der Waals surface area (Å²) in [6, 6.07) is 8.29. The van der Waals surface area contributed by atoms with Crippen molar-refractivity contribution in [1.82, 2.24) is 4.98 Å². The lowest BCUT2D eigenvalue weighted by Crippen LogP contribution is -1.78. The van der Waals surface area contributed by atoms with Gasteiger partial charge < -0.3 is 0 Å². The zero-order chi connectivity index (χ0) is 10.1. The molecule has 1 aromatic carbocycles. The first-order chi connectivity index (χ1) is 6.66. The lowest BCUT2D eigenvalue weighted by atomic mass is 10.1. The van der Waals surface area contributed by atoms with Crippen LogP contribution in [-0.2, 0) is 0 Å². The normalized spacial score (nSPS) is 10.5. The molecule has 0 saturated carbocycles. The Kier molecular flexibility index (Phi) is 2.57. The third-order valence-corrected chi connectivity index (χ3v) is 3.50. The molecule has 0 amide bonds. The summed E-state index contributed by atoms with van der Waals surface area (Å²) in [5.41, 5.74) is 3.30. The first-order valence-corrected chi connectivity index (χ1v) is 5.56. The van der Waals surface area contributed by atoms with E-state index in [4.69, 9.17) is 11.6 Å². The van der Waals surface area contributed by atoms with Crippen molar-refractivity contribution < 1.29 is 0 Å². The molecule has 0 aliphatic carbocycles. The van der Waals surface area contributed by atoms with Crippen molar-refractivity contribution in [1.29, 1.82) is 0 Å². The minimum absolute atomic E-state index is 0.779. The molecule has 0 aliphatic heterocycles. The number of benzene rings is 1. The van der Waals surface area contributed by atoms with Gasteiger partial charge in [0.2, 0.25) is 0 Å². The molecule has 0 unspecified atom stereocenters. The van der Waals surface area contributed by atoms with Crippen LogP contribution in [0.3, 0.4) is 0 Å². The van der Waals surface area contributed by atoms with Crippen molar-refractivity contribution >= 4 is 22.9 Å². The summed E-state index contributed by atoms with van der Waals surface area (Å²) in [4.78, 5) is 4.41. The molecule has 0 atom stereocenters. The second kappa shape index (κ2) is 3.71. The van der Waals surface area contributed by atoms with Gasteiger partial charge in [0, 0.05) is 5.56 Å². The predicted octanol–water partition coefficient (Wildman–Crippen LogP) is 4.08. The van der Waals surface area contributed by atoms with Crippen LogP contribution in [0.2, 0.25) is 4.34 Å². The molecule has 1 nitrogen and oxygen atoms in total. The molecule has 0 N–H and O–H groups in total. The number of thiazole rings is 1. The van der Waals surface area contributed by atoms with Gasteiger partial charge in [0.25, 0.3) is 0 Å². The minimum Gasteiger partial charge on any atom is -0.240 e. The van der Waals surface area contributed by atoms with Crippen LogP contribution >= 0.6 is 22.9 Å². The maximum absolute atomic E-state index is 5.98. The summed E-state index contributed by atoms with van der Waals surface area (Å²) in [7, 11) is 0. The average molecular weight is 224 g/mol. The van der Waals surface area contributed by atoms with Gasteiger partial charge in [0.1, 0.15) is 9.34 Å². The zero-order valence-electron chi connectivity index (χ0n) is 8.04. The van der Waals surface area contributed by atoms with Crippen LogP contribution in [0.5, 0.6) is 0 Å². The Balaban J connectivity index is 2.49. The second-order valence-electron chi connectivity index (χ2n) is 3.25. The molecule has 0 fully saturated rings. The fourth-order valence-electron chi connectivity index (χ4n) is 1.28. The largest absolute Gasteiger partial charge is 0.240 e. The highest BCUT2D eigenvalue weighted by Gasteiger charge is 2.06. The number of halogens is 1. The molecule has 14 heavy (non-hydrogen) atoms. The Labute approximate surface area is 92.4 Å². The third kappa shape index (κ3) is 1.81. The van der Waals surface area contributed by atoms with Gasteiger partial charge in [-0.25, -0.2) is 4.98 Å². The van der Waals surface area contributed by atoms with Crippen LogP contribution in [0.4, 0.5) is 0 Å². The molecule has 0 bridgehead atoms. The SMILES string of the molecule is Cc1cccc(-c2nc(C)c(Cl)s2)c1. The van der Waals surface area contributed by atoms with E-state index in [1.807, 2.05) is 13.0 Å². The maximum Gasteiger partial charge on any atom is 0.125 e. The summed E-state index contributed by atoms with van der Waals surface area (Å²) >= 11 is 7.51. The molecular weight excluding hydrogens is 214 g/mol. The topological polar surface area (TPSA) is 12.9 Å². The van der Waals surface area contributed by atoms with E-state index in [0.29, 0.717) is 0 Å². The number of rotatable bonds is 1. The number of aromatic nitrogens is 1. The Morgan fingerprint density at radius 3 is 2.64 bits per heavy atom. The molecule has 0 radical (unpaired) electrons. The quantitative estimate of drug-likeness (QED) is 0.710. The van der Waals surface area contributed by atoms with Gasteiger partial charge in [-0.1, -0.05) is 35.4 Å². The van der Waals surface area contributed by atoms with E-state index < -0.39 is 0 Å². The number of nitrogens with zero attached hydrogens (tertiary/aromatic N) is 1. The molecule has 3 heteroatoms. The highest BCUT2D eigenvalue weighted by molar-refractivity contribution is 7.19. The van der Waals surface area contributed by atoms with Crippen LogP contribution in [0.15, 0.2) is 24.3 Å². The van der Waals surface area contributed by atoms with Crippen molar-refractivity contribution in [2.45, 2.75) is 13.8 Å². The monoisotopic (exact) mass is 223 g/mol. The Morgan fingerprint density at radius 2 is 2.07 bits per heavy atom. The summed E-state index contributed by atoms with van der Waals surface area (Å²) in [5.74, 6) is 0. The van der Waals surface area contributed by atoms with Crippen LogP contribution < -0.4 is 0 Å². The summed E-state index contributed by atoms with van der Waals surface area (Å²) in [6.45, 7) is 4.00. The number of hydrogen-bond acceptors (Lipinski definition) is 2. The van der Waals surface area contributed by atoms with Gasteiger partial charge in [-0.2, -0.15) is 0 Å². The van der Waals surface area contributed by atoms with Gasteiger partial charge in [-0.3, -0.25) is 0 Å². The molecule has 0 aliphatic rings. The lowest BCUT2D eigenvalue weighted by Gasteiger charge is -1.96. The van der Waals surface area contributed by atoms with Crippen LogP contribution in [0.25, 0.3) is 10.6 Å². The molecule has 1 heterocycles. The maximum atomic E-state index is 5.98. The fourth-order valence-corrected chi connectivity index (χ4v) is 2.33. The molecule has 1 aromatic heterocycles. The number of aryl methyl sites for hydroxylation is 2. The Morgan fingerprint density at radius 1 is 1.29 bits per heavy atom. The van der Waals surface area contributed by atoms with Gasteiger partial charge in [0.05, 0.1) is 5.69 Å². The van der Waals surface area contributed by atoms with Crippen molar-refractivity contribution in [2.24, 2.45) is 0 Å². The molecule has 2 rings (SSSR count). The lowest BCUT2D eigenvalue weighted by molar-refractivity contribution is 1.27. The Hall–Kier alpha value is -0.860. The predicted molar refractivity (Wildman–Crippen MR) is 62.0 cm³/mol. The van der Waals surface area contributed by atoms with Gasteiger partial charge in [-0.15, -0.1) is 11.3 Å². The van der Waals surface area contributed by atoms with Gasteiger partial charge in [-0.05, 0) is 19.9 Å². The first-order valence-electron chi connectivity index (χ1n) is 4.37. The summed E-state index contributed by atoms with van der Waals surface area (Å²) in [5, 5.41) is 0.996.